The first-order valence-corrected chi connectivity index (χ1v) is 11.6. The summed E-state index contributed by atoms with van der Waals surface area (Å²) >= 11 is 6.76. The quantitative estimate of drug-likeness (QED) is 0.389. The molecular formula is C24H20FN3O2S2. The largest absolute Gasteiger partial charge is 0.376 e. The molecule has 1 aromatic heterocycles. The van der Waals surface area contributed by atoms with Gasteiger partial charge in [0, 0.05) is 23.9 Å². The molecule has 0 unspecified atom stereocenters. The Kier molecular flexibility index (Phi) is 5.91. The van der Waals surface area contributed by atoms with E-state index in [1.165, 1.54) is 23.9 Å². The van der Waals surface area contributed by atoms with Gasteiger partial charge in [0.1, 0.15) is 10.1 Å². The number of nitrogens with zero attached hydrogens (tertiary/aromatic N) is 3. The van der Waals surface area contributed by atoms with E-state index in [9.17, 15) is 9.18 Å². The Morgan fingerprint density at radius 1 is 1.19 bits per heavy atom. The molecule has 5 rings (SSSR count). The van der Waals surface area contributed by atoms with Gasteiger partial charge in [0.2, 0.25) is 0 Å². The maximum absolute atomic E-state index is 13.5. The second-order valence-corrected chi connectivity index (χ2v) is 9.32. The number of carbonyl (C=O) groups is 1. The van der Waals surface area contributed by atoms with Crippen LogP contribution in [0.15, 0.2) is 65.7 Å². The zero-order chi connectivity index (χ0) is 22.1. The van der Waals surface area contributed by atoms with Crippen molar-refractivity contribution in [1.29, 1.82) is 0 Å². The van der Waals surface area contributed by atoms with Crippen molar-refractivity contribution in [3.63, 3.8) is 0 Å². The second kappa shape index (κ2) is 8.97. The first kappa shape index (κ1) is 21.1. The molecule has 3 heterocycles. The Balaban J connectivity index is 1.51. The van der Waals surface area contributed by atoms with Crippen molar-refractivity contribution < 1.29 is 13.9 Å². The normalized spacial score (nSPS) is 20.0. The van der Waals surface area contributed by atoms with Crippen LogP contribution in [0.4, 0.5) is 4.39 Å². The van der Waals surface area contributed by atoms with Crippen molar-refractivity contribution in [3.05, 3.63) is 77.1 Å². The van der Waals surface area contributed by atoms with Gasteiger partial charge in [0.05, 0.1) is 28.9 Å². The molecule has 0 radical (unpaired) electrons. The molecule has 0 N–H and O–H groups in total. The van der Waals surface area contributed by atoms with E-state index in [-0.39, 0.29) is 17.8 Å². The zero-order valence-electron chi connectivity index (χ0n) is 17.1. The van der Waals surface area contributed by atoms with Crippen LogP contribution >= 0.6 is 24.0 Å². The predicted molar refractivity (Wildman–Crippen MR) is 128 cm³/mol. The smallest absolute Gasteiger partial charge is 0.266 e. The molecule has 3 aromatic rings. The van der Waals surface area contributed by atoms with Crippen molar-refractivity contribution >= 4 is 40.3 Å². The van der Waals surface area contributed by atoms with Crippen molar-refractivity contribution in [2.75, 3.05) is 13.2 Å². The fraction of sp³-hybridized carbons (Fsp3) is 0.208. The molecule has 8 heteroatoms. The number of thiocarbonyl (C=S) groups is 1. The average Bonchev–Trinajstić information content (AvgIpc) is 3.53. The summed E-state index contributed by atoms with van der Waals surface area (Å²) in [4.78, 5) is 15.3. The van der Waals surface area contributed by atoms with E-state index >= 15 is 0 Å². The topological polar surface area (TPSA) is 47.4 Å². The number of amides is 1. The van der Waals surface area contributed by atoms with E-state index < -0.39 is 0 Å². The van der Waals surface area contributed by atoms with Crippen molar-refractivity contribution in [2.24, 2.45) is 0 Å². The molecule has 0 saturated carbocycles. The summed E-state index contributed by atoms with van der Waals surface area (Å²) in [6, 6.07) is 15.9. The third-order valence-corrected chi connectivity index (χ3v) is 6.83. The number of rotatable bonds is 5. The number of para-hydroxylation sites is 1. The standard InChI is InChI=1S/C24H20FN3O2S2/c25-18-10-8-16(9-11-18)22-17(14-28(26-22)19-5-2-1-3-6-19)13-21-23(29)27(24(31)32-21)15-20-7-4-12-30-20/h1-3,5-6,8-11,13-14,20H,4,7,12,15H2/b21-13+/t20-/m0/s1. The zero-order valence-corrected chi connectivity index (χ0v) is 18.7. The van der Waals surface area contributed by atoms with Crippen LogP contribution in [0, 0.1) is 5.82 Å². The van der Waals surface area contributed by atoms with Gasteiger partial charge in [0.25, 0.3) is 5.91 Å². The Morgan fingerprint density at radius 3 is 2.69 bits per heavy atom. The first-order chi connectivity index (χ1) is 15.6. The minimum absolute atomic E-state index is 0.0347. The van der Waals surface area contributed by atoms with E-state index in [2.05, 4.69) is 0 Å². The molecule has 2 saturated heterocycles. The molecule has 2 aromatic carbocycles. The number of thioether (sulfide) groups is 1. The molecule has 5 nitrogen and oxygen atoms in total. The molecule has 162 valence electrons. The maximum Gasteiger partial charge on any atom is 0.266 e. The lowest BCUT2D eigenvalue weighted by atomic mass is 10.1. The van der Waals surface area contributed by atoms with Crippen LogP contribution in [0.5, 0.6) is 0 Å². The molecule has 2 aliphatic heterocycles. The van der Waals surface area contributed by atoms with E-state index in [4.69, 9.17) is 22.1 Å². The van der Waals surface area contributed by atoms with Crippen molar-refractivity contribution in [1.82, 2.24) is 14.7 Å². The predicted octanol–water partition coefficient (Wildman–Crippen LogP) is 5.06. The van der Waals surface area contributed by atoms with Gasteiger partial charge < -0.3 is 4.74 Å². The van der Waals surface area contributed by atoms with E-state index in [1.807, 2.05) is 42.6 Å². The molecule has 1 amide bonds. The second-order valence-electron chi connectivity index (χ2n) is 7.65. The van der Waals surface area contributed by atoms with Gasteiger partial charge in [-0.25, -0.2) is 9.07 Å². The highest BCUT2D eigenvalue weighted by Gasteiger charge is 2.35. The fourth-order valence-electron chi connectivity index (χ4n) is 3.83. The Bertz CT molecular complexity index is 1190. The van der Waals surface area contributed by atoms with Crippen LogP contribution in [-0.2, 0) is 9.53 Å². The highest BCUT2D eigenvalue weighted by Crippen LogP contribution is 2.35. The lowest BCUT2D eigenvalue weighted by Crippen LogP contribution is -2.35. The van der Waals surface area contributed by atoms with Crippen LogP contribution in [0.3, 0.4) is 0 Å². The summed E-state index contributed by atoms with van der Waals surface area (Å²) < 4.78 is 21.5. The number of halogens is 1. The number of benzene rings is 2. The van der Waals surface area contributed by atoms with Crippen LogP contribution in [0.1, 0.15) is 18.4 Å². The average molecular weight is 466 g/mol. The van der Waals surface area contributed by atoms with Gasteiger partial charge in [-0.15, -0.1) is 0 Å². The SMILES string of the molecule is O=C1/C(=C\c2cn(-c3ccccc3)nc2-c2ccc(F)cc2)SC(=S)N1C[C@@H]1CCCO1. The number of carbonyl (C=O) groups excluding carboxylic acids is 1. The van der Waals surface area contributed by atoms with Gasteiger partial charge >= 0.3 is 0 Å². The number of aromatic nitrogens is 2. The highest BCUT2D eigenvalue weighted by atomic mass is 32.2. The summed E-state index contributed by atoms with van der Waals surface area (Å²) in [5, 5.41) is 4.73. The lowest BCUT2D eigenvalue weighted by Gasteiger charge is -2.18. The Hall–Kier alpha value is -2.81. The monoisotopic (exact) mass is 465 g/mol. The number of hydrogen-bond donors (Lipinski definition) is 0. The molecule has 0 bridgehead atoms. The summed E-state index contributed by atoms with van der Waals surface area (Å²) in [5.74, 6) is -0.430. The minimum atomic E-state index is -0.312. The lowest BCUT2D eigenvalue weighted by molar-refractivity contribution is -0.123. The summed E-state index contributed by atoms with van der Waals surface area (Å²) in [5.41, 5.74) is 3.08. The molecule has 2 fully saturated rings. The van der Waals surface area contributed by atoms with E-state index in [0.29, 0.717) is 21.5 Å². The van der Waals surface area contributed by atoms with Gasteiger partial charge in [-0.3, -0.25) is 9.69 Å². The molecular weight excluding hydrogens is 445 g/mol. The Labute approximate surface area is 194 Å². The van der Waals surface area contributed by atoms with Crippen LogP contribution in [0.2, 0.25) is 0 Å². The summed E-state index contributed by atoms with van der Waals surface area (Å²) in [7, 11) is 0. The Morgan fingerprint density at radius 2 is 1.97 bits per heavy atom. The number of hydrogen-bond acceptors (Lipinski definition) is 5. The summed E-state index contributed by atoms with van der Waals surface area (Å²) in [6.45, 7) is 1.21. The van der Waals surface area contributed by atoms with Crippen LogP contribution in [-0.4, -0.2) is 44.2 Å². The molecule has 1 atom stereocenters. The van der Waals surface area contributed by atoms with Gasteiger partial charge in [0.15, 0.2) is 0 Å². The van der Waals surface area contributed by atoms with Crippen molar-refractivity contribution in [3.8, 4) is 16.9 Å². The van der Waals surface area contributed by atoms with Gasteiger partial charge in [-0.05, 0) is 55.3 Å². The van der Waals surface area contributed by atoms with Gasteiger partial charge in [-0.1, -0.05) is 42.2 Å². The minimum Gasteiger partial charge on any atom is -0.376 e. The molecule has 0 spiro atoms. The van der Waals surface area contributed by atoms with Crippen molar-refractivity contribution in [2.45, 2.75) is 18.9 Å². The van der Waals surface area contributed by atoms with Gasteiger partial charge in [-0.2, -0.15) is 5.10 Å². The van der Waals surface area contributed by atoms with E-state index in [1.54, 1.807) is 21.7 Å². The molecule has 2 aliphatic rings. The number of ether oxygens (including phenoxy) is 1. The highest BCUT2D eigenvalue weighted by molar-refractivity contribution is 8.26. The van der Waals surface area contributed by atoms with E-state index in [0.717, 1.165) is 36.3 Å². The first-order valence-electron chi connectivity index (χ1n) is 10.4. The molecule has 0 aliphatic carbocycles. The third-order valence-electron chi connectivity index (χ3n) is 5.45. The third kappa shape index (κ3) is 4.26. The molecule has 32 heavy (non-hydrogen) atoms. The van der Waals surface area contributed by atoms with Crippen LogP contribution in [0.25, 0.3) is 23.0 Å². The summed E-state index contributed by atoms with van der Waals surface area (Å²) in [6.07, 6.45) is 5.68. The maximum atomic E-state index is 13.5. The van der Waals surface area contributed by atoms with Crippen LogP contribution < -0.4 is 0 Å². The fourth-order valence-corrected chi connectivity index (χ4v) is 5.09.